The summed E-state index contributed by atoms with van der Waals surface area (Å²) in [5, 5.41) is 20.5. The molecule has 0 aliphatic carbocycles. The Morgan fingerprint density at radius 3 is 1.98 bits per heavy atom. The van der Waals surface area contributed by atoms with Crippen LogP contribution < -0.4 is 26.9 Å². The Morgan fingerprint density at radius 2 is 1.33 bits per heavy atom. The van der Waals surface area contributed by atoms with E-state index >= 15 is 0 Å². The van der Waals surface area contributed by atoms with Crippen LogP contribution in [0.1, 0.15) is 34.4 Å². The van der Waals surface area contributed by atoms with Gasteiger partial charge < -0.3 is 35.2 Å². The van der Waals surface area contributed by atoms with Crippen molar-refractivity contribution in [1.29, 1.82) is 0 Å². The van der Waals surface area contributed by atoms with Crippen LogP contribution in [-0.2, 0) is 36.8 Å². The topological polar surface area (TPSA) is 197 Å². The summed E-state index contributed by atoms with van der Waals surface area (Å²) in [6, 6.07) is 11.2. The molecule has 45 heavy (non-hydrogen) atoms. The van der Waals surface area contributed by atoms with E-state index in [4.69, 9.17) is 8.83 Å². The predicted octanol–water partition coefficient (Wildman–Crippen LogP) is 1.56. The Bertz CT molecular complexity index is 1830. The van der Waals surface area contributed by atoms with Crippen molar-refractivity contribution >= 4 is 51.5 Å². The zero-order valence-electron chi connectivity index (χ0n) is 25.1. The number of aliphatic carboxylic acids is 1. The Kier molecular flexibility index (Phi) is 10.3. The number of hydrogen-bond acceptors (Lipinski definition) is 8. The van der Waals surface area contributed by atoms with Gasteiger partial charge in [-0.1, -0.05) is 30.3 Å². The van der Waals surface area contributed by atoms with Gasteiger partial charge in [-0.25, -0.2) is 9.59 Å². The first-order chi connectivity index (χ1) is 21.4. The van der Waals surface area contributed by atoms with E-state index in [0.717, 1.165) is 27.7 Å². The SMILES string of the molecule is Cc1oc2cc3oc(=O)c(CCC(=O)NCC(=O)NCC(=O)NCC(=O)N[C@@H](Cc4ccccc4)C(=O)O)c(C)c3cc2c1C. The maximum Gasteiger partial charge on any atom is 0.339 e. The third-order valence-corrected chi connectivity index (χ3v) is 7.44. The molecule has 0 unspecified atom stereocenters. The second-order valence-corrected chi connectivity index (χ2v) is 10.6. The lowest BCUT2D eigenvalue weighted by Gasteiger charge is -2.15. The zero-order chi connectivity index (χ0) is 32.7. The first-order valence-electron chi connectivity index (χ1n) is 14.2. The number of furan rings is 1. The van der Waals surface area contributed by atoms with Crippen molar-refractivity contribution in [3.8, 4) is 0 Å². The average molecular weight is 619 g/mol. The van der Waals surface area contributed by atoms with Crippen LogP contribution in [0.5, 0.6) is 0 Å². The van der Waals surface area contributed by atoms with Crippen molar-refractivity contribution in [2.45, 2.75) is 46.1 Å². The van der Waals surface area contributed by atoms with Gasteiger partial charge in [-0.3, -0.25) is 19.2 Å². The highest BCUT2D eigenvalue weighted by molar-refractivity contribution is 5.97. The largest absolute Gasteiger partial charge is 0.480 e. The number of benzene rings is 2. The molecule has 13 nitrogen and oxygen atoms in total. The number of hydrogen-bond donors (Lipinski definition) is 5. The van der Waals surface area contributed by atoms with E-state index in [9.17, 15) is 33.9 Å². The van der Waals surface area contributed by atoms with Crippen molar-refractivity contribution in [3.63, 3.8) is 0 Å². The quantitative estimate of drug-likeness (QED) is 0.138. The molecule has 2 aromatic carbocycles. The summed E-state index contributed by atoms with van der Waals surface area (Å²) in [6.45, 7) is 4.23. The highest BCUT2D eigenvalue weighted by Crippen LogP contribution is 2.31. The van der Waals surface area contributed by atoms with Gasteiger partial charge in [0, 0.05) is 35.2 Å². The van der Waals surface area contributed by atoms with E-state index < -0.39 is 60.9 Å². The van der Waals surface area contributed by atoms with Crippen LogP contribution in [0.25, 0.3) is 21.9 Å². The maximum atomic E-state index is 12.7. The summed E-state index contributed by atoms with van der Waals surface area (Å²) in [5.41, 5.74) is 3.22. The minimum Gasteiger partial charge on any atom is -0.480 e. The van der Waals surface area contributed by atoms with Gasteiger partial charge in [0.05, 0.1) is 19.6 Å². The van der Waals surface area contributed by atoms with Crippen LogP contribution in [0.3, 0.4) is 0 Å². The standard InChI is InChI=1S/C32H34N4O9/c1-17-19(3)44-25-13-26-23(12-22(17)25)18(2)21(32(43)45-26)9-10-27(37)33-14-28(38)34-15-29(39)35-16-30(40)36-24(31(41)42)11-20-7-5-4-6-8-20/h4-8,12-13,24H,9-11,14-16H2,1-3H3,(H,33,37)(H,34,38)(H,35,39)(H,36,40)(H,41,42)/t24-/m0/s1. The van der Waals surface area contributed by atoms with E-state index in [1.165, 1.54) is 0 Å². The first-order valence-corrected chi connectivity index (χ1v) is 14.2. The molecule has 0 saturated heterocycles. The van der Waals surface area contributed by atoms with Crippen molar-refractivity contribution in [2.24, 2.45) is 0 Å². The number of carboxylic acids is 1. The van der Waals surface area contributed by atoms with Gasteiger partial charge in [-0.05, 0) is 49.9 Å². The molecule has 0 saturated carbocycles. The fourth-order valence-electron chi connectivity index (χ4n) is 4.80. The van der Waals surface area contributed by atoms with Gasteiger partial charge in [-0.15, -0.1) is 0 Å². The summed E-state index contributed by atoms with van der Waals surface area (Å²) >= 11 is 0. The zero-order valence-corrected chi connectivity index (χ0v) is 25.1. The van der Waals surface area contributed by atoms with E-state index in [-0.39, 0.29) is 19.3 Å². The Morgan fingerprint density at radius 1 is 0.756 bits per heavy atom. The maximum absolute atomic E-state index is 12.7. The number of nitrogens with one attached hydrogen (secondary N) is 4. The van der Waals surface area contributed by atoms with Crippen LogP contribution in [-0.4, -0.2) is 60.4 Å². The number of fused-ring (bicyclic) bond motifs is 2. The van der Waals surface area contributed by atoms with Gasteiger partial charge in [-0.2, -0.15) is 0 Å². The molecule has 0 aliphatic rings. The predicted molar refractivity (Wildman–Crippen MR) is 164 cm³/mol. The van der Waals surface area contributed by atoms with Crippen LogP contribution in [0, 0.1) is 20.8 Å². The summed E-state index contributed by atoms with van der Waals surface area (Å²) in [6.07, 6.45) is 0.0901. The molecule has 236 valence electrons. The smallest absolute Gasteiger partial charge is 0.339 e. The molecular formula is C32H34N4O9. The first kappa shape index (κ1) is 32.5. The van der Waals surface area contributed by atoms with Gasteiger partial charge in [0.1, 0.15) is 23.0 Å². The molecule has 0 bridgehead atoms. The second-order valence-electron chi connectivity index (χ2n) is 10.6. The van der Waals surface area contributed by atoms with E-state index in [1.54, 1.807) is 43.3 Å². The van der Waals surface area contributed by atoms with E-state index in [2.05, 4.69) is 21.3 Å². The molecule has 1 atom stereocenters. The number of amides is 4. The monoisotopic (exact) mass is 618 g/mol. The molecule has 5 N–H and O–H groups in total. The minimum atomic E-state index is -1.22. The molecule has 0 aliphatic heterocycles. The van der Waals surface area contributed by atoms with Crippen LogP contribution in [0.2, 0.25) is 0 Å². The number of carbonyl (C=O) groups is 5. The molecule has 4 rings (SSSR count). The second kappa shape index (κ2) is 14.3. The lowest BCUT2D eigenvalue weighted by molar-refractivity contribution is -0.141. The molecule has 4 amide bonds. The molecule has 0 fully saturated rings. The van der Waals surface area contributed by atoms with E-state index in [0.29, 0.717) is 22.3 Å². The highest BCUT2D eigenvalue weighted by Gasteiger charge is 2.21. The van der Waals surface area contributed by atoms with Crippen LogP contribution in [0.15, 0.2) is 56.1 Å². The Labute approximate surface area is 257 Å². The molecule has 4 aromatic rings. The van der Waals surface area contributed by atoms with Gasteiger partial charge >= 0.3 is 11.6 Å². The number of carbonyl (C=O) groups excluding carboxylic acids is 4. The van der Waals surface area contributed by atoms with Crippen LogP contribution in [0.4, 0.5) is 0 Å². The molecule has 0 radical (unpaired) electrons. The molecule has 0 spiro atoms. The molecule has 2 heterocycles. The Hall–Kier alpha value is -5.46. The number of aryl methyl sites for hydroxylation is 3. The average Bonchev–Trinajstić information content (AvgIpc) is 3.28. The van der Waals surface area contributed by atoms with Gasteiger partial charge in [0.25, 0.3) is 0 Å². The molecular weight excluding hydrogens is 584 g/mol. The lowest BCUT2D eigenvalue weighted by atomic mass is 10.0. The molecule has 13 heteroatoms. The van der Waals surface area contributed by atoms with Crippen molar-refractivity contribution in [1.82, 2.24) is 21.3 Å². The van der Waals surface area contributed by atoms with Crippen molar-refractivity contribution < 1.29 is 37.9 Å². The minimum absolute atomic E-state index is 0.0710. The summed E-state index contributed by atoms with van der Waals surface area (Å²) < 4.78 is 11.2. The summed E-state index contributed by atoms with van der Waals surface area (Å²) in [7, 11) is 0. The van der Waals surface area contributed by atoms with Crippen molar-refractivity contribution in [3.05, 3.63) is 80.9 Å². The normalized spacial score (nSPS) is 11.6. The van der Waals surface area contributed by atoms with Crippen molar-refractivity contribution in [2.75, 3.05) is 19.6 Å². The van der Waals surface area contributed by atoms with Gasteiger partial charge in [0.15, 0.2) is 0 Å². The summed E-state index contributed by atoms with van der Waals surface area (Å²) in [4.78, 5) is 72.9. The fourth-order valence-corrected chi connectivity index (χ4v) is 4.80. The van der Waals surface area contributed by atoms with Gasteiger partial charge in [0.2, 0.25) is 23.6 Å². The lowest BCUT2D eigenvalue weighted by Crippen LogP contribution is -2.48. The highest BCUT2D eigenvalue weighted by atomic mass is 16.4. The van der Waals surface area contributed by atoms with E-state index in [1.807, 2.05) is 19.9 Å². The third kappa shape index (κ3) is 8.34. The number of carboxylic acid groups (broad SMARTS) is 1. The molecule has 2 aromatic heterocycles. The third-order valence-electron chi connectivity index (χ3n) is 7.44. The van der Waals surface area contributed by atoms with Crippen LogP contribution >= 0.6 is 0 Å². The Balaban J connectivity index is 1.19. The number of rotatable bonds is 13. The fraction of sp³-hybridized carbons (Fsp3) is 0.312. The summed E-state index contributed by atoms with van der Waals surface area (Å²) in [5.74, 6) is -2.96.